The Morgan fingerprint density at radius 3 is 0.760 bits per heavy atom. The second-order valence-corrected chi connectivity index (χ2v) is 32.8. The number of carbonyl (C=O) groups is 4. The van der Waals surface area contributed by atoms with Crippen LogP contribution in [0.4, 0.5) is 0 Å². The first-order chi connectivity index (χ1) is 48.4. The van der Waals surface area contributed by atoms with Gasteiger partial charge in [0, 0.05) is 25.7 Å². The van der Waals surface area contributed by atoms with Gasteiger partial charge in [0.25, 0.3) is 0 Å². The Balaban J connectivity index is 5.24. The van der Waals surface area contributed by atoms with E-state index in [0.29, 0.717) is 31.6 Å². The van der Waals surface area contributed by atoms with Crippen LogP contribution in [0.1, 0.15) is 427 Å². The fraction of sp³-hybridized carbons (Fsp3) is 0.951. The molecule has 0 aliphatic rings. The zero-order chi connectivity index (χ0) is 73.5. The Kier molecular flexibility index (Phi) is 71.2. The van der Waals surface area contributed by atoms with Crippen molar-refractivity contribution >= 4 is 39.5 Å². The molecule has 0 bridgehead atoms. The van der Waals surface area contributed by atoms with Crippen LogP contribution in [0.15, 0.2) is 0 Å². The fourth-order valence-electron chi connectivity index (χ4n) is 12.5. The zero-order valence-corrected chi connectivity index (χ0v) is 67.3. The molecule has 0 fully saturated rings. The molecule has 0 aliphatic heterocycles. The molecule has 0 aromatic carbocycles. The topological polar surface area (TPSA) is 237 Å². The molecule has 6 atom stereocenters. The Hall–Kier alpha value is -1.94. The molecule has 0 rings (SSSR count). The molecular weight excluding hydrogens is 1310 g/mol. The van der Waals surface area contributed by atoms with Crippen molar-refractivity contribution in [1.29, 1.82) is 0 Å². The highest BCUT2D eigenvalue weighted by atomic mass is 31.2. The average molecular weight is 1470 g/mol. The van der Waals surface area contributed by atoms with Crippen molar-refractivity contribution in [2.75, 3.05) is 39.6 Å². The molecule has 0 spiro atoms. The van der Waals surface area contributed by atoms with Gasteiger partial charge in [-0.1, -0.05) is 375 Å². The standard InChI is InChI=1S/C81H158O17P2/c1-7-10-12-14-16-18-20-22-24-26-28-30-32-34-39-45-51-57-63-78(83)91-69-76(97-80(85)65-59-53-46-40-35-33-31-29-27-25-23-21-19-17-15-13-11-8-2)71-95-99(87,88)93-67-75(82)68-94-100(89,90)96-72-77(70-92-79(84)64-58-52-48-42-43-49-55-61-73(4)5)98-81(86)66-60-54-47-41-37-36-38-44-50-56-62-74(6)9-3/h73-77,82H,7-72H2,1-6H3,(H,87,88)(H,89,90)/t74?,75-,76-,77-/m1/s1. The number of ether oxygens (including phenoxy) is 4. The molecule has 0 aromatic rings. The van der Waals surface area contributed by atoms with Crippen molar-refractivity contribution in [3.63, 3.8) is 0 Å². The van der Waals surface area contributed by atoms with E-state index in [4.69, 9.17) is 37.0 Å². The van der Waals surface area contributed by atoms with E-state index >= 15 is 0 Å². The van der Waals surface area contributed by atoms with Gasteiger partial charge in [-0.25, -0.2) is 9.13 Å². The minimum atomic E-state index is -4.96. The molecule has 3 N–H and O–H groups in total. The van der Waals surface area contributed by atoms with Crippen LogP contribution in [-0.2, 0) is 65.4 Å². The maximum atomic E-state index is 13.1. The summed E-state index contributed by atoms with van der Waals surface area (Å²) >= 11 is 0. The Morgan fingerprint density at radius 2 is 0.510 bits per heavy atom. The molecule has 0 aliphatic carbocycles. The highest BCUT2D eigenvalue weighted by Crippen LogP contribution is 2.45. The van der Waals surface area contributed by atoms with Crippen molar-refractivity contribution in [2.45, 2.75) is 445 Å². The number of aliphatic hydroxyl groups excluding tert-OH is 1. The molecular formula is C81H158O17P2. The third-order valence-electron chi connectivity index (χ3n) is 19.3. The molecule has 100 heavy (non-hydrogen) atoms. The SMILES string of the molecule is CCCCCCCCCCCCCCCCCCCCC(=O)OC[C@H](COP(=O)(O)OC[C@@H](O)COP(=O)(O)OC[C@@H](COC(=O)CCCCCCCCCC(C)C)OC(=O)CCCCCCCCCCCCC(C)CC)OC(=O)CCCCCCCCCCCCCCCCCCCC. The molecule has 594 valence electrons. The fourth-order valence-corrected chi connectivity index (χ4v) is 14.1. The van der Waals surface area contributed by atoms with E-state index in [1.807, 2.05) is 0 Å². The summed E-state index contributed by atoms with van der Waals surface area (Å²) in [7, 11) is -9.92. The highest BCUT2D eigenvalue weighted by Gasteiger charge is 2.30. The molecule has 0 saturated heterocycles. The summed E-state index contributed by atoms with van der Waals surface area (Å²) in [6.07, 6.45) is 62.5. The van der Waals surface area contributed by atoms with E-state index in [-0.39, 0.29) is 25.7 Å². The number of rotatable bonds is 80. The van der Waals surface area contributed by atoms with Crippen LogP contribution in [0.25, 0.3) is 0 Å². The molecule has 0 saturated carbocycles. The normalized spacial score (nSPS) is 14.2. The second kappa shape index (κ2) is 72.6. The largest absolute Gasteiger partial charge is 0.472 e. The third kappa shape index (κ3) is 73.0. The van der Waals surface area contributed by atoms with Crippen LogP contribution in [0.5, 0.6) is 0 Å². The van der Waals surface area contributed by atoms with Gasteiger partial charge < -0.3 is 33.8 Å². The monoisotopic (exact) mass is 1470 g/mol. The van der Waals surface area contributed by atoms with Gasteiger partial charge in [-0.2, -0.15) is 0 Å². The van der Waals surface area contributed by atoms with Gasteiger partial charge in [-0.15, -0.1) is 0 Å². The molecule has 0 amide bonds. The summed E-state index contributed by atoms with van der Waals surface area (Å²) in [6.45, 7) is 9.60. The van der Waals surface area contributed by atoms with Gasteiger partial charge in [0.05, 0.1) is 26.4 Å². The lowest BCUT2D eigenvalue weighted by Crippen LogP contribution is -2.30. The minimum absolute atomic E-state index is 0.106. The van der Waals surface area contributed by atoms with E-state index < -0.39 is 97.5 Å². The first-order valence-electron chi connectivity index (χ1n) is 42.0. The molecule has 19 heteroatoms. The van der Waals surface area contributed by atoms with Gasteiger partial charge in [0.2, 0.25) is 0 Å². The molecule has 17 nitrogen and oxygen atoms in total. The average Bonchev–Trinajstić information content (AvgIpc) is 1.13. The summed E-state index contributed by atoms with van der Waals surface area (Å²) in [5, 5.41) is 10.6. The van der Waals surface area contributed by atoms with Gasteiger partial charge in [0.15, 0.2) is 12.2 Å². The summed E-state index contributed by atoms with van der Waals surface area (Å²) < 4.78 is 68.7. The van der Waals surface area contributed by atoms with E-state index in [2.05, 4.69) is 41.5 Å². The quantitative estimate of drug-likeness (QED) is 0.0222. The molecule has 0 heterocycles. The summed E-state index contributed by atoms with van der Waals surface area (Å²) in [6, 6.07) is 0. The van der Waals surface area contributed by atoms with Crippen LogP contribution in [0.3, 0.4) is 0 Å². The Bertz CT molecular complexity index is 1930. The smallest absolute Gasteiger partial charge is 0.462 e. The maximum Gasteiger partial charge on any atom is 0.472 e. The number of esters is 4. The number of unbranched alkanes of at least 4 members (excludes halogenated alkanes) is 49. The third-order valence-corrected chi connectivity index (χ3v) is 21.2. The lowest BCUT2D eigenvalue weighted by molar-refractivity contribution is -0.161. The van der Waals surface area contributed by atoms with Crippen molar-refractivity contribution < 1.29 is 80.2 Å². The van der Waals surface area contributed by atoms with Crippen LogP contribution in [0, 0.1) is 11.8 Å². The van der Waals surface area contributed by atoms with E-state index in [9.17, 15) is 43.2 Å². The van der Waals surface area contributed by atoms with Crippen molar-refractivity contribution in [2.24, 2.45) is 11.8 Å². The summed E-state index contributed by atoms with van der Waals surface area (Å²) in [5.74, 6) is -0.602. The van der Waals surface area contributed by atoms with E-state index in [1.54, 1.807) is 0 Å². The predicted molar refractivity (Wildman–Crippen MR) is 409 cm³/mol. The first-order valence-corrected chi connectivity index (χ1v) is 45.0. The van der Waals surface area contributed by atoms with E-state index in [0.717, 1.165) is 102 Å². The molecule has 3 unspecified atom stereocenters. The zero-order valence-electron chi connectivity index (χ0n) is 65.5. The summed E-state index contributed by atoms with van der Waals surface area (Å²) in [4.78, 5) is 73.0. The van der Waals surface area contributed by atoms with Gasteiger partial charge >= 0.3 is 39.5 Å². The number of hydrogen-bond acceptors (Lipinski definition) is 15. The predicted octanol–water partition coefficient (Wildman–Crippen LogP) is 24.3. The van der Waals surface area contributed by atoms with Crippen molar-refractivity contribution in [1.82, 2.24) is 0 Å². The number of hydrogen-bond donors (Lipinski definition) is 3. The minimum Gasteiger partial charge on any atom is -0.462 e. The Morgan fingerprint density at radius 1 is 0.290 bits per heavy atom. The lowest BCUT2D eigenvalue weighted by Gasteiger charge is -2.21. The highest BCUT2D eigenvalue weighted by molar-refractivity contribution is 7.47. The number of aliphatic hydroxyl groups is 1. The number of carbonyl (C=O) groups excluding carboxylic acids is 4. The lowest BCUT2D eigenvalue weighted by atomic mass is 9.99. The van der Waals surface area contributed by atoms with Crippen LogP contribution >= 0.6 is 15.6 Å². The summed E-state index contributed by atoms with van der Waals surface area (Å²) in [5.41, 5.74) is 0. The van der Waals surface area contributed by atoms with Crippen molar-refractivity contribution in [3.8, 4) is 0 Å². The van der Waals surface area contributed by atoms with Crippen molar-refractivity contribution in [3.05, 3.63) is 0 Å². The van der Waals surface area contributed by atoms with Crippen LogP contribution < -0.4 is 0 Å². The van der Waals surface area contributed by atoms with E-state index in [1.165, 1.54) is 238 Å². The second-order valence-electron chi connectivity index (χ2n) is 29.9. The van der Waals surface area contributed by atoms with Gasteiger partial charge in [0.1, 0.15) is 19.3 Å². The Labute approximate surface area is 613 Å². The van der Waals surface area contributed by atoms with Gasteiger partial charge in [-0.05, 0) is 37.5 Å². The molecule has 0 radical (unpaired) electrons. The van der Waals surface area contributed by atoms with Gasteiger partial charge in [-0.3, -0.25) is 37.3 Å². The number of phosphoric acid groups is 2. The van der Waals surface area contributed by atoms with Crippen LogP contribution in [-0.4, -0.2) is 96.7 Å². The number of phosphoric ester groups is 2. The maximum absolute atomic E-state index is 13.1. The molecule has 0 aromatic heterocycles. The first kappa shape index (κ1) is 98.1. The van der Waals surface area contributed by atoms with Crippen LogP contribution in [0.2, 0.25) is 0 Å².